The Morgan fingerprint density at radius 1 is 1.64 bits per heavy atom. The van der Waals surface area contributed by atoms with E-state index in [4.69, 9.17) is 0 Å². The van der Waals surface area contributed by atoms with Crippen molar-refractivity contribution in [2.24, 2.45) is 0 Å². The second kappa shape index (κ2) is 4.64. The Hall–Kier alpha value is -1.52. The number of carbonyl (C=O) groups is 2. The fourth-order valence-electron chi connectivity index (χ4n) is 1.14. The highest BCUT2D eigenvalue weighted by atomic mass is 16.5. The van der Waals surface area contributed by atoms with E-state index in [9.17, 15) is 14.7 Å². The first-order chi connectivity index (χ1) is 6.66. The lowest BCUT2D eigenvalue weighted by Crippen LogP contribution is -2.21. The van der Waals surface area contributed by atoms with Crippen molar-refractivity contribution < 1.29 is 24.2 Å². The molecule has 1 N–H and O–H groups in total. The molecule has 0 spiro atoms. The van der Waals surface area contributed by atoms with Crippen LogP contribution in [0.1, 0.15) is 19.8 Å². The minimum absolute atomic E-state index is 0.00898. The van der Waals surface area contributed by atoms with Crippen LogP contribution in [0, 0.1) is 0 Å². The molecule has 0 aliphatic carbocycles. The van der Waals surface area contributed by atoms with Crippen LogP contribution < -0.4 is 0 Å². The lowest BCUT2D eigenvalue weighted by atomic mass is 10.1. The van der Waals surface area contributed by atoms with Gasteiger partial charge in [0.1, 0.15) is 0 Å². The molecule has 14 heavy (non-hydrogen) atoms. The summed E-state index contributed by atoms with van der Waals surface area (Å²) in [5.41, 5.74) is 0.00898. The number of cyclic esters (lactones) is 1. The van der Waals surface area contributed by atoms with Crippen LogP contribution in [0.4, 0.5) is 0 Å². The summed E-state index contributed by atoms with van der Waals surface area (Å²) in [6.45, 7) is 2.11. The predicted octanol–water partition coefficient (Wildman–Crippen LogP) is 0.699. The van der Waals surface area contributed by atoms with E-state index in [1.807, 2.05) is 0 Å². The maximum Gasteiger partial charge on any atom is 0.373 e. The zero-order valence-electron chi connectivity index (χ0n) is 7.91. The molecule has 0 aromatic carbocycles. The Balaban J connectivity index is 2.79. The van der Waals surface area contributed by atoms with Crippen LogP contribution in [0.2, 0.25) is 0 Å². The van der Waals surface area contributed by atoms with Crippen molar-refractivity contribution in [2.45, 2.75) is 19.8 Å². The lowest BCUT2D eigenvalue weighted by Gasteiger charge is -2.14. The summed E-state index contributed by atoms with van der Waals surface area (Å²) < 4.78 is 9.23. The summed E-state index contributed by atoms with van der Waals surface area (Å²) in [5, 5.41) is 9.35. The van der Waals surface area contributed by atoms with E-state index in [0.29, 0.717) is 19.4 Å². The Bertz CT molecular complexity index is 279. The Kier molecular flexibility index (Phi) is 3.50. The molecule has 1 fully saturated rings. The summed E-state index contributed by atoms with van der Waals surface area (Å²) in [5.74, 6) is -2.14. The molecule has 78 valence electrons. The quantitative estimate of drug-likeness (QED) is 0.403. The van der Waals surface area contributed by atoms with E-state index in [-0.39, 0.29) is 12.2 Å². The minimum Gasteiger partial charge on any atom is -0.501 e. The molecular weight excluding hydrogens is 188 g/mol. The zero-order chi connectivity index (χ0) is 10.6. The normalized spacial score (nSPS) is 19.9. The number of ether oxygens (including phenoxy) is 2. The Labute approximate surface area is 81.3 Å². The Morgan fingerprint density at radius 2 is 2.36 bits per heavy atom. The fraction of sp³-hybridized carbons (Fsp3) is 0.556. The molecule has 1 aliphatic heterocycles. The van der Waals surface area contributed by atoms with Gasteiger partial charge in [0.05, 0.1) is 18.8 Å². The van der Waals surface area contributed by atoms with Crippen molar-refractivity contribution in [2.75, 3.05) is 13.2 Å². The number of hydrogen-bond acceptors (Lipinski definition) is 5. The summed E-state index contributed by atoms with van der Waals surface area (Å²) in [4.78, 5) is 22.1. The van der Waals surface area contributed by atoms with E-state index in [1.54, 1.807) is 6.92 Å². The maximum atomic E-state index is 11.1. The minimum atomic E-state index is -0.874. The van der Waals surface area contributed by atoms with Crippen molar-refractivity contribution in [1.82, 2.24) is 0 Å². The van der Waals surface area contributed by atoms with Gasteiger partial charge in [-0.3, -0.25) is 0 Å². The van der Waals surface area contributed by atoms with E-state index >= 15 is 0 Å². The summed E-state index contributed by atoms with van der Waals surface area (Å²) in [7, 11) is 0. The van der Waals surface area contributed by atoms with Crippen LogP contribution in [0.5, 0.6) is 0 Å². The molecule has 1 heterocycles. The molecule has 0 aromatic rings. The first-order valence-electron chi connectivity index (χ1n) is 4.43. The van der Waals surface area contributed by atoms with Gasteiger partial charge in [0.15, 0.2) is 0 Å². The standard InChI is InChI=1S/C9H12O5/c1-2-13-9(12)7(10)6-4-3-5-14-8(6)11/h10H,2-5H2,1H3/b7-6+. The summed E-state index contributed by atoms with van der Waals surface area (Å²) >= 11 is 0. The second-order valence-corrected chi connectivity index (χ2v) is 2.79. The third kappa shape index (κ3) is 2.25. The van der Waals surface area contributed by atoms with Gasteiger partial charge in [-0.05, 0) is 19.8 Å². The van der Waals surface area contributed by atoms with Crippen LogP contribution >= 0.6 is 0 Å². The van der Waals surface area contributed by atoms with E-state index < -0.39 is 17.7 Å². The van der Waals surface area contributed by atoms with Crippen molar-refractivity contribution >= 4 is 11.9 Å². The summed E-state index contributed by atoms with van der Waals surface area (Å²) in [6, 6.07) is 0. The van der Waals surface area contributed by atoms with E-state index in [1.165, 1.54) is 0 Å². The molecule has 1 rings (SSSR count). The molecule has 5 heteroatoms. The lowest BCUT2D eigenvalue weighted by molar-refractivity contribution is -0.145. The van der Waals surface area contributed by atoms with Crippen molar-refractivity contribution in [3.63, 3.8) is 0 Å². The van der Waals surface area contributed by atoms with Crippen LogP contribution in [-0.2, 0) is 19.1 Å². The predicted molar refractivity (Wildman–Crippen MR) is 46.5 cm³/mol. The van der Waals surface area contributed by atoms with E-state index in [2.05, 4.69) is 9.47 Å². The first-order valence-corrected chi connectivity index (χ1v) is 4.43. The highest BCUT2D eigenvalue weighted by Gasteiger charge is 2.25. The van der Waals surface area contributed by atoms with Gasteiger partial charge in [0, 0.05) is 0 Å². The number of aliphatic hydroxyl groups excluding tert-OH is 1. The molecule has 0 unspecified atom stereocenters. The van der Waals surface area contributed by atoms with Crippen molar-refractivity contribution in [1.29, 1.82) is 0 Å². The number of carbonyl (C=O) groups excluding carboxylic acids is 2. The van der Waals surface area contributed by atoms with Gasteiger partial charge < -0.3 is 14.6 Å². The molecule has 0 amide bonds. The van der Waals surface area contributed by atoms with Crippen LogP contribution in [0.3, 0.4) is 0 Å². The van der Waals surface area contributed by atoms with Gasteiger partial charge in [-0.1, -0.05) is 0 Å². The third-order valence-corrected chi connectivity index (χ3v) is 1.81. The maximum absolute atomic E-state index is 11.1. The SMILES string of the molecule is CCOC(=O)/C(O)=C1/CCCOC1=O. The van der Waals surface area contributed by atoms with Gasteiger partial charge in [-0.15, -0.1) is 0 Å². The fourth-order valence-corrected chi connectivity index (χ4v) is 1.14. The molecule has 0 radical (unpaired) electrons. The number of aliphatic hydroxyl groups is 1. The average Bonchev–Trinajstić information content (AvgIpc) is 2.18. The van der Waals surface area contributed by atoms with Gasteiger partial charge in [-0.25, -0.2) is 9.59 Å². The van der Waals surface area contributed by atoms with Gasteiger partial charge >= 0.3 is 11.9 Å². The van der Waals surface area contributed by atoms with Gasteiger partial charge in [0.2, 0.25) is 5.76 Å². The molecule has 0 saturated carbocycles. The third-order valence-electron chi connectivity index (χ3n) is 1.81. The smallest absolute Gasteiger partial charge is 0.373 e. The number of rotatable bonds is 2. The first kappa shape index (κ1) is 10.6. The summed E-state index contributed by atoms with van der Waals surface area (Å²) in [6.07, 6.45) is 0.966. The highest BCUT2D eigenvalue weighted by Crippen LogP contribution is 2.17. The average molecular weight is 200 g/mol. The Morgan fingerprint density at radius 3 is 2.93 bits per heavy atom. The topological polar surface area (TPSA) is 72.8 Å². The molecule has 1 saturated heterocycles. The monoisotopic (exact) mass is 200 g/mol. The van der Waals surface area contributed by atoms with Crippen LogP contribution in [0.15, 0.2) is 11.3 Å². The van der Waals surface area contributed by atoms with Crippen LogP contribution in [0.25, 0.3) is 0 Å². The molecule has 5 nitrogen and oxygen atoms in total. The largest absolute Gasteiger partial charge is 0.501 e. The number of hydrogen-bond donors (Lipinski definition) is 1. The molecular formula is C9H12O5. The van der Waals surface area contributed by atoms with Crippen LogP contribution in [-0.4, -0.2) is 30.3 Å². The van der Waals surface area contributed by atoms with Crippen molar-refractivity contribution in [3.05, 3.63) is 11.3 Å². The highest BCUT2D eigenvalue weighted by molar-refractivity contribution is 5.98. The molecule has 1 aliphatic rings. The zero-order valence-corrected chi connectivity index (χ0v) is 7.91. The molecule has 0 atom stereocenters. The van der Waals surface area contributed by atoms with E-state index in [0.717, 1.165) is 0 Å². The van der Waals surface area contributed by atoms with Gasteiger partial charge in [-0.2, -0.15) is 0 Å². The van der Waals surface area contributed by atoms with Gasteiger partial charge in [0.25, 0.3) is 0 Å². The van der Waals surface area contributed by atoms with Crippen molar-refractivity contribution in [3.8, 4) is 0 Å². The number of esters is 2. The molecule has 0 bridgehead atoms. The second-order valence-electron chi connectivity index (χ2n) is 2.79. The molecule has 0 aromatic heterocycles.